The Balaban J connectivity index is 2.41. The summed E-state index contributed by atoms with van der Waals surface area (Å²) in [6.45, 7) is 3.89. The number of methoxy groups -OCH3 is 1. The minimum absolute atomic E-state index is 0.0147. The van der Waals surface area contributed by atoms with Gasteiger partial charge in [0.25, 0.3) is 0 Å². The Morgan fingerprint density at radius 2 is 1.71 bits per heavy atom. The molecule has 0 aliphatic rings. The van der Waals surface area contributed by atoms with Gasteiger partial charge in [0.1, 0.15) is 5.75 Å². The van der Waals surface area contributed by atoms with Crippen molar-refractivity contribution in [2.24, 2.45) is 5.92 Å². The third kappa shape index (κ3) is 4.84. The van der Waals surface area contributed by atoms with Crippen molar-refractivity contribution in [2.45, 2.75) is 24.7 Å². The SMILES string of the molecule is COc1ccc(S(=O)(=O)N(C)C)cc1NC(=O)[C@@H](c1ccc(Cl)cc1)C(C)C. The summed E-state index contributed by atoms with van der Waals surface area (Å²) in [5.41, 5.74) is 1.13. The fourth-order valence-corrected chi connectivity index (χ4v) is 3.93. The number of carbonyl (C=O) groups is 1. The van der Waals surface area contributed by atoms with E-state index in [9.17, 15) is 13.2 Å². The van der Waals surface area contributed by atoms with Crippen molar-refractivity contribution in [3.63, 3.8) is 0 Å². The van der Waals surface area contributed by atoms with Crippen molar-refractivity contribution in [3.8, 4) is 5.75 Å². The molecule has 28 heavy (non-hydrogen) atoms. The summed E-state index contributed by atoms with van der Waals surface area (Å²) < 4.78 is 31.3. The molecule has 0 heterocycles. The molecule has 0 bridgehead atoms. The normalized spacial score (nSPS) is 12.9. The van der Waals surface area contributed by atoms with Crippen molar-refractivity contribution in [1.29, 1.82) is 0 Å². The molecule has 1 amide bonds. The highest BCUT2D eigenvalue weighted by Gasteiger charge is 2.26. The number of nitrogens with one attached hydrogen (secondary N) is 1. The molecule has 0 saturated carbocycles. The Bertz CT molecular complexity index is 941. The van der Waals surface area contributed by atoms with Gasteiger partial charge in [-0.15, -0.1) is 0 Å². The van der Waals surface area contributed by atoms with Crippen molar-refractivity contribution >= 4 is 33.2 Å². The summed E-state index contributed by atoms with van der Waals surface area (Å²) in [6, 6.07) is 11.5. The number of anilines is 1. The molecule has 1 atom stereocenters. The van der Waals surface area contributed by atoms with Gasteiger partial charge < -0.3 is 10.1 Å². The van der Waals surface area contributed by atoms with Crippen LogP contribution in [0.5, 0.6) is 5.75 Å². The van der Waals surface area contributed by atoms with E-state index in [1.54, 1.807) is 12.1 Å². The first-order valence-electron chi connectivity index (χ1n) is 8.74. The number of halogens is 1. The van der Waals surface area contributed by atoms with E-state index < -0.39 is 15.9 Å². The van der Waals surface area contributed by atoms with E-state index >= 15 is 0 Å². The van der Waals surface area contributed by atoms with Gasteiger partial charge in [0.15, 0.2) is 0 Å². The van der Waals surface area contributed by atoms with Crippen molar-refractivity contribution in [2.75, 3.05) is 26.5 Å². The first-order chi connectivity index (χ1) is 13.1. The highest BCUT2D eigenvalue weighted by molar-refractivity contribution is 7.89. The van der Waals surface area contributed by atoms with Crippen LogP contribution in [-0.2, 0) is 14.8 Å². The maximum absolute atomic E-state index is 13.0. The van der Waals surface area contributed by atoms with Gasteiger partial charge in [0.05, 0.1) is 23.6 Å². The molecule has 152 valence electrons. The van der Waals surface area contributed by atoms with E-state index in [1.807, 2.05) is 26.0 Å². The molecule has 6 nitrogen and oxygen atoms in total. The number of carbonyl (C=O) groups excluding carboxylic acids is 1. The first kappa shape index (κ1) is 22.2. The van der Waals surface area contributed by atoms with Gasteiger partial charge in [-0.3, -0.25) is 4.79 Å². The lowest BCUT2D eigenvalue weighted by atomic mass is 9.87. The highest BCUT2D eigenvalue weighted by atomic mass is 35.5. The maximum Gasteiger partial charge on any atom is 0.242 e. The van der Waals surface area contributed by atoms with E-state index in [4.69, 9.17) is 16.3 Å². The molecule has 0 aliphatic heterocycles. The second kappa shape index (κ2) is 8.94. The molecular formula is C20H25ClN2O4S. The van der Waals surface area contributed by atoms with Crippen molar-refractivity contribution in [3.05, 3.63) is 53.1 Å². The second-order valence-electron chi connectivity index (χ2n) is 6.91. The van der Waals surface area contributed by atoms with Gasteiger partial charge in [0.2, 0.25) is 15.9 Å². The molecule has 0 aromatic heterocycles. The number of benzene rings is 2. The van der Waals surface area contributed by atoms with Crippen LogP contribution in [0, 0.1) is 5.92 Å². The van der Waals surface area contributed by atoms with Gasteiger partial charge in [-0.25, -0.2) is 12.7 Å². The molecule has 2 aromatic rings. The quantitative estimate of drug-likeness (QED) is 0.729. The Morgan fingerprint density at radius 3 is 2.21 bits per heavy atom. The lowest BCUT2D eigenvalue weighted by Crippen LogP contribution is -2.26. The highest BCUT2D eigenvalue weighted by Crippen LogP contribution is 2.32. The molecule has 2 rings (SSSR count). The third-order valence-corrected chi connectivity index (χ3v) is 6.45. The predicted octanol–water partition coefficient (Wildman–Crippen LogP) is 3.98. The van der Waals surface area contributed by atoms with Crippen molar-refractivity contribution in [1.82, 2.24) is 4.31 Å². The van der Waals surface area contributed by atoms with E-state index in [0.29, 0.717) is 16.5 Å². The fraction of sp³-hybridized carbons (Fsp3) is 0.350. The van der Waals surface area contributed by atoms with Crippen LogP contribution in [0.2, 0.25) is 5.02 Å². The molecule has 0 spiro atoms. The Labute approximate surface area is 171 Å². The number of nitrogens with zero attached hydrogens (tertiary/aromatic N) is 1. The molecule has 0 aliphatic carbocycles. The smallest absolute Gasteiger partial charge is 0.242 e. The van der Waals surface area contributed by atoms with Crippen LogP contribution >= 0.6 is 11.6 Å². The van der Waals surface area contributed by atoms with Crippen LogP contribution < -0.4 is 10.1 Å². The monoisotopic (exact) mass is 424 g/mol. The van der Waals surface area contributed by atoms with Crippen LogP contribution in [0.25, 0.3) is 0 Å². The standard InChI is InChI=1S/C20H25ClN2O4S/c1-13(2)19(14-6-8-15(21)9-7-14)20(24)22-17-12-16(10-11-18(17)27-5)28(25,26)23(3)4/h6-13,19H,1-5H3,(H,22,24)/t19-/m1/s1. The minimum Gasteiger partial charge on any atom is -0.495 e. The number of hydrogen-bond acceptors (Lipinski definition) is 4. The van der Waals surface area contributed by atoms with Crippen LogP contribution in [-0.4, -0.2) is 39.8 Å². The zero-order valence-electron chi connectivity index (χ0n) is 16.6. The summed E-state index contributed by atoms with van der Waals surface area (Å²) in [6.07, 6.45) is 0. The van der Waals surface area contributed by atoms with Gasteiger partial charge in [-0.05, 0) is 41.8 Å². The molecule has 1 N–H and O–H groups in total. The molecule has 0 fully saturated rings. The minimum atomic E-state index is -3.64. The second-order valence-corrected chi connectivity index (χ2v) is 9.50. The van der Waals surface area contributed by atoms with Crippen molar-refractivity contribution < 1.29 is 17.9 Å². The summed E-state index contributed by atoms with van der Waals surface area (Å²) in [4.78, 5) is 13.1. The van der Waals surface area contributed by atoms with Gasteiger partial charge in [0, 0.05) is 19.1 Å². The topological polar surface area (TPSA) is 75.7 Å². The van der Waals surface area contributed by atoms with Gasteiger partial charge in [-0.1, -0.05) is 37.6 Å². The Morgan fingerprint density at radius 1 is 1.11 bits per heavy atom. The summed E-state index contributed by atoms with van der Waals surface area (Å²) in [5, 5.41) is 3.42. The lowest BCUT2D eigenvalue weighted by molar-refractivity contribution is -0.118. The Hall–Kier alpha value is -2.09. The first-order valence-corrected chi connectivity index (χ1v) is 10.6. The third-order valence-electron chi connectivity index (χ3n) is 4.39. The Kier molecular flexibility index (Phi) is 7.09. The van der Waals surface area contributed by atoms with E-state index in [-0.39, 0.29) is 16.7 Å². The number of rotatable bonds is 7. The molecule has 0 saturated heterocycles. The number of amides is 1. The molecular weight excluding hydrogens is 400 g/mol. The molecule has 0 unspecified atom stereocenters. The fourth-order valence-electron chi connectivity index (χ4n) is 2.88. The molecule has 2 aromatic carbocycles. The lowest BCUT2D eigenvalue weighted by Gasteiger charge is -2.22. The summed E-state index contributed by atoms with van der Waals surface area (Å²) in [7, 11) is 0.724. The van der Waals surface area contributed by atoms with Crippen LogP contribution in [0.15, 0.2) is 47.4 Å². The van der Waals surface area contributed by atoms with Crippen LogP contribution in [0.1, 0.15) is 25.3 Å². The van der Waals surface area contributed by atoms with Crippen LogP contribution in [0.4, 0.5) is 5.69 Å². The predicted molar refractivity (Wildman–Crippen MR) is 112 cm³/mol. The molecule has 0 radical (unpaired) electrons. The zero-order chi connectivity index (χ0) is 21.1. The number of hydrogen-bond donors (Lipinski definition) is 1. The van der Waals surface area contributed by atoms with Crippen LogP contribution in [0.3, 0.4) is 0 Å². The average molecular weight is 425 g/mol. The number of sulfonamides is 1. The zero-order valence-corrected chi connectivity index (χ0v) is 18.1. The van der Waals surface area contributed by atoms with Gasteiger partial charge in [-0.2, -0.15) is 0 Å². The van der Waals surface area contributed by atoms with Gasteiger partial charge >= 0.3 is 0 Å². The largest absolute Gasteiger partial charge is 0.495 e. The number of ether oxygens (including phenoxy) is 1. The maximum atomic E-state index is 13.0. The van der Waals surface area contributed by atoms with E-state index in [1.165, 1.54) is 39.4 Å². The average Bonchev–Trinajstić information content (AvgIpc) is 2.63. The summed E-state index contributed by atoms with van der Waals surface area (Å²) in [5.74, 6) is -0.295. The molecule has 8 heteroatoms. The summed E-state index contributed by atoms with van der Waals surface area (Å²) >= 11 is 5.95. The van der Waals surface area contributed by atoms with E-state index in [0.717, 1.165) is 9.87 Å². The van der Waals surface area contributed by atoms with E-state index in [2.05, 4.69) is 5.32 Å².